The first-order valence-electron chi connectivity index (χ1n) is 11.9. The molecule has 0 radical (unpaired) electrons. The van der Waals surface area contributed by atoms with Crippen molar-refractivity contribution in [3.63, 3.8) is 0 Å². The van der Waals surface area contributed by atoms with Crippen LogP contribution in [0.5, 0.6) is 0 Å². The van der Waals surface area contributed by atoms with Gasteiger partial charge in [0, 0.05) is 45.4 Å². The lowest BCUT2D eigenvalue weighted by atomic mass is 9.93. The molecular formula is C25H38N2O3. The van der Waals surface area contributed by atoms with Gasteiger partial charge in [0.15, 0.2) is 0 Å². The summed E-state index contributed by atoms with van der Waals surface area (Å²) >= 11 is 0. The van der Waals surface area contributed by atoms with Gasteiger partial charge in [-0.25, -0.2) is 0 Å². The Kier molecular flexibility index (Phi) is 7.80. The van der Waals surface area contributed by atoms with Crippen molar-refractivity contribution in [3.8, 4) is 0 Å². The molecule has 0 aromatic heterocycles. The van der Waals surface area contributed by atoms with E-state index in [4.69, 9.17) is 9.47 Å². The smallest absolute Gasteiger partial charge is 0.225 e. The summed E-state index contributed by atoms with van der Waals surface area (Å²) in [6, 6.07) is 8.70. The number of carbonyl (C=O) groups is 1. The van der Waals surface area contributed by atoms with E-state index in [-0.39, 0.29) is 12.0 Å². The van der Waals surface area contributed by atoms with E-state index in [1.807, 2.05) is 0 Å². The summed E-state index contributed by atoms with van der Waals surface area (Å²) in [5.74, 6) is 1.08. The van der Waals surface area contributed by atoms with Crippen molar-refractivity contribution in [2.24, 2.45) is 11.8 Å². The molecule has 166 valence electrons. The number of piperidine rings is 1. The molecule has 1 aromatic carbocycles. The maximum atomic E-state index is 13.3. The fraction of sp³-hybridized carbons (Fsp3) is 0.720. The molecule has 3 aliphatic rings. The Morgan fingerprint density at radius 3 is 2.50 bits per heavy atom. The monoisotopic (exact) mass is 414 g/mol. The lowest BCUT2D eigenvalue weighted by Gasteiger charge is -2.37. The van der Waals surface area contributed by atoms with Crippen molar-refractivity contribution in [2.45, 2.75) is 58.1 Å². The number of amides is 1. The molecule has 1 amide bonds. The predicted octanol–water partition coefficient (Wildman–Crippen LogP) is 3.64. The number of benzene rings is 1. The zero-order valence-corrected chi connectivity index (χ0v) is 18.6. The molecule has 0 aliphatic carbocycles. The second-order valence-corrected chi connectivity index (χ2v) is 9.41. The normalized spacial score (nSPS) is 24.2. The molecule has 5 heteroatoms. The minimum absolute atomic E-state index is 0.140. The Hall–Kier alpha value is -1.43. The molecule has 0 saturated carbocycles. The summed E-state index contributed by atoms with van der Waals surface area (Å²) in [5, 5.41) is 0. The van der Waals surface area contributed by atoms with E-state index in [0.29, 0.717) is 11.8 Å². The second-order valence-electron chi connectivity index (χ2n) is 9.41. The van der Waals surface area contributed by atoms with Crippen LogP contribution in [0.15, 0.2) is 24.3 Å². The third-order valence-electron chi connectivity index (χ3n) is 7.17. The van der Waals surface area contributed by atoms with E-state index >= 15 is 0 Å². The molecule has 1 atom stereocenters. The van der Waals surface area contributed by atoms with E-state index in [0.717, 1.165) is 78.2 Å². The summed E-state index contributed by atoms with van der Waals surface area (Å²) in [6.07, 6.45) is 6.54. The Morgan fingerprint density at radius 1 is 1.03 bits per heavy atom. The first-order valence-corrected chi connectivity index (χ1v) is 11.9. The van der Waals surface area contributed by atoms with Crippen molar-refractivity contribution in [2.75, 3.05) is 46.0 Å². The van der Waals surface area contributed by atoms with Gasteiger partial charge in [0.1, 0.15) is 0 Å². The minimum Gasteiger partial charge on any atom is -0.381 e. The molecule has 5 nitrogen and oxygen atoms in total. The van der Waals surface area contributed by atoms with Crippen LogP contribution in [0.3, 0.4) is 0 Å². The number of aryl methyl sites for hydroxylation is 1. The van der Waals surface area contributed by atoms with Crippen molar-refractivity contribution >= 4 is 5.91 Å². The molecule has 0 bridgehead atoms. The number of carbonyl (C=O) groups excluding carboxylic acids is 1. The molecule has 3 heterocycles. The van der Waals surface area contributed by atoms with E-state index in [1.54, 1.807) is 0 Å². The SMILES string of the molecule is Cc1ccccc1CN1CCC(CN(CC2CCCO2)C(=O)C2CCOCC2)CC1. The maximum absolute atomic E-state index is 13.3. The fourth-order valence-corrected chi connectivity index (χ4v) is 5.16. The van der Waals surface area contributed by atoms with Crippen LogP contribution in [0.2, 0.25) is 0 Å². The van der Waals surface area contributed by atoms with Crippen LogP contribution in [0, 0.1) is 18.8 Å². The summed E-state index contributed by atoms with van der Waals surface area (Å²) < 4.78 is 11.4. The Morgan fingerprint density at radius 2 is 1.80 bits per heavy atom. The molecule has 0 N–H and O–H groups in total. The zero-order valence-electron chi connectivity index (χ0n) is 18.6. The van der Waals surface area contributed by atoms with Gasteiger partial charge in [-0.1, -0.05) is 24.3 Å². The van der Waals surface area contributed by atoms with E-state index < -0.39 is 0 Å². The first-order chi connectivity index (χ1) is 14.7. The van der Waals surface area contributed by atoms with Gasteiger partial charge in [0.05, 0.1) is 6.10 Å². The van der Waals surface area contributed by atoms with Crippen molar-refractivity contribution in [3.05, 3.63) is 35.4 Å². The maximum Gasteiger partial charge on any atom is 0.225 e. The first kappa shape index (κ1) is 21.8. The Labute approximate surface area is 181 Å². The molecule has 0 spiro atoms. The molecule has 3 aliphatic heterocycles. The van der Waals surface area contributed by atoms with Crippen LogP contribution in [0.1, 0.15) is 49.7 Å². The third-order valence-corrected chi connectivity index (χ3v) is 7.17. The van der Waals surface area contributed by atoms with Crippen LogP contribution >= 0.6 is 0 Å². The average molecular weight is 415 g/mol. The highest BCUT2D eigenvalue weighted by atomic mass is 16.5. The highest BCUT2D eigenvalue weighted by Crippen LogP contribution is 2.25. The van der Waals surface area contributed by atoms with E-state index in [1.165, 1.54) is 24.0 Å². The third kappa shape index (κ3) is 5.83. The fourth-order valence-electron chi connectivity index (χ4n) is 5.16. The summed E-state index contributed by atoms with van der Waals surface area (Å²) in [7, 11) is 0. The van der Waals surface area contributed by atoms with Crippen LogP contribution < -0.4 is 0 Å². The molecule has 3 fully saturated rings. The lowest BCUT2D eigenvalue weighted by Crippen LogP contribution is -2.46. The minimum atomic E-state index is 0.140. The van der Waals surface area contributed by atoms with Crippen molar-refractivity contribution < 1.29 is 14.3 Å². The molecule has 1 unspecified atom stereocenters. The van der Waals surface area contributed by atoms with Crippen LogP contribution in [-0.4, -0.2) is 67.8 Å². The van der Waals surface area contributed by atoms with Gasteiger partial charge < -0.3 is 14.4 Å². The van der Waals surface area contributed by atoms with Crippen LogP contribution in [0.4, 0.5) is 0 Å². The van der Waals surface area contributed by atoms with Gasteiger partial charge >= 0.3 is 0 Å². The Balaban J connectivity index is 1.31. The lowest BCUT2D eigenvalue weighted by molar-refractivity contribution is -0.141. The number of rotatable bonds is 7. The van der Waals surface area contributed by atoms with Crippen molar-refractivity contribution in [1.29, 1.82) is 0 Å². The number of likely N-dealkylation sites (tertiary alicyclic amines) is 1. The number of hydrogen-bond donors (Lipinski definition) is 0. The predicted molar refractivity (Wildman–Crippen MR) is 118 cm³/mol. The number of hydrogen-bond acceptors (Lipinski definition) is 4. The Bertz CT molecular complexity index is 675. The summed E-state index contributed by atoms with van der Waals surface area (Å²) in [4.78, 5) is 18.0. The van der Waals surface area contributed by atoms with Gasteiger partial charge in [-0.2, -0.15) is 0 Å². The van der Waals surface area contributed by atoms with Crippen LogP contribution in [0.25, 0.3) is 0 Å². The van der Waals surface area contributed by atoms with E-state index in [9.17, 15) is 4.79 Å². The van der Waals surface area contributed by atoms with Crippen LogP contribution in [-0.2, 0) is 20.8 Å². The molecule has 30 heavy (non-hydrogen) atoms. The highest BCUT2D eigenvalue weighted by molar-refractivity contribution is 5.79. The number of ether oxygens (including phenoxy) is 2. The zero-order chi connectivity index (χ0) is 20.8. The topological polar surface area (TPSA) is 42.0 Å². The van der Waals surface area contributed by atoms with Gasteiger partial charge in [0.2, 0.25) is 5.91 Å². The van der Waals surface area contributed by atoms with Gasteiger partial charge in [-0.05, 0) is 75.6 Å². The summed E-state index contributed by atoms with van der Waals surface area (Å²) in [6.45, 7) is 9.46. The van der Waals surface area contributed by atoms with E-state index in [2.05, 4.69) is 41.0 Å². The number of nitrogens with zero attached hydrogens (tertiary/aromatic N) is 2. The molecule has 4 rings (SSSR count). The van der Waals surface area contributed by atoms with Gasteiger partial charge in [0.25, 0.3) is 0 Å². The second kappa shape index (κ2) is 10.7. The average Bonchev–Trinajstić information content (AvgIpc) is 3.29. The van der Waals surface area contributed by atoms with Crippen molar-refractivity contribution in [1.82, 2.24) is 9.80 Å². The molecule has 1 aromatic rings. The largest absolute Gasteiger partial charge is 0.381 e. The molecular weight excluding hydrogens is 376 g/mol. The summed E-state index contributed by atoms with van der Waals surface area (Å²) in [5.41, 5.74) is 2.81. The molecule has 3 saturated heterocycles. The standard InChI is InChI=1S/C25H38N2O3/c1-20-5-2-3-6-23(20)18-26-12-8-21(9-13-26)17-27(19-24-7-4-14-30-24)25(28)22-10-15-29-16-11-22/h2-3,5-6,21-22,24H,4,7-19H2,1H3. The quantitative estimate of drug-likeness (QED) is 0.683. The van der Waals surface area contributed by atoms with Gasteiger partial charge in [-0.15, -0.1) is 0 Å². The highest BCUT2D eigenvalue weighted by Gasteiger charge is 2.31. The van der Waals surface area contributed by atoms with Gasteiger partial charge in [-0.3, -0.25) is 9.69 Å².